The van der Waals surface area contributed by atoms with Crippen molar-refractivity contribution in [1.82, 2.24) is 9.88 Å². The van der Waals surface area contributed by atoms with E-state index in [9.17, 15) is 0 Å². The molecule has 0 aliphatic heterocycles. The van der Waals surface area contributed by atoms with E-state index in [2.05, 4.69) is 29.3 Å². The van der Waals surface area contributed by atoms with Gasteiger partial charge in [-0.1, -0.05) is 0 Å². The molecular weight excluding hydrogens is 212 g/mol. The molecule has 0 aliphatic carbocycles. The molecule has 1 rings (SSSR count). The van der Waals surface area contributed by atoms with Crippen molar-refractivity contribution >= 4 is 23.9 Å². The molecule has 0 bridgehead atoms. The third-order valence-electron chi connectivity index (χ3n) is 1.91. The summed E-state index contributed by atoms with van der Waals surface area (Å²) in [6.07, 6.45) is 2.83. The van der Waals surface area contributed by atoms with E-state index in [-0.39, 0.29) is 12.4 Å². The van der Waals surface area contributed by atoms with Gasteiger partial charge in [-0.2, -0.15) is 0 Å². The van der Waals surface area contributed by atoms with E-state index >= 15 is 0 Å². The van der Waals surface area contributed by atoms with Crippen molar-refractivity contribution < 1.29 is 0 Å². The summed E-state index contributed by atoms with van der Waals surface area (Å²) < 4.78 is 0. The fraction of sp³-hybridized carbons (Fsp3) is 0.500. The lowest BCUT2D eigenvalue weighted by atomic mass is 10.3. The van der Waals surface area contributed by atoms with Gasteiger partial charge in [-0.25, -0.2) is 4.98 Å². The Kier molecular flexibility index (Phi) is 6.83. The molecule has 5 heteroatoms. The van der Waals surface area contributed by atoms with Crippen LogP contribution in [-0.2, 0) is 0 Å². The van der Waals surface area contributed by atoms with Gasteiger partial charge in [-0.05, 0) is 39.2 Å². The summed E-state index contributed by atoms with van der Waals surface area (Å²) in [5.41, 5.74) is 6.43. The Bertz CT molecular complexity index is 278. The second kappa shape index (κ2) is 7.31. The van der Waals surface area contributed by atoms with Gasteiger partial charge in [0.15, 0.2) is 0 Å². The molecule has 0 atom stereocenters. The second-order valence-electron chi connectivity index (χ2n) is 3.52. The standard InChI is InChI=1S/C10H18N4.ClH/c1-14(2)8-4-7-13-10-9(11)5-3-6-12-10;/h3,5-6H,4,7-8,11H2,1-2H3,(H,12,13);1H. The second-order valence-corrected chi connectivity index (χ2v) is 3.52. The molecule has 0 aliphatic rings. The summed E-state index contributed by atoms with van der Waals surface area (Å²) in [7, 11) is 4.13. The minimum Gasteiger partial charge on any atom is -0.396 e. The first-order chi connectivity index (χ1) is 6.70. The summed E-state index contributed by atoms with van der Waals surface area (Å²) in [4.78, 5) is 6.30. The molecular formula is C10H19ClN4. The van der Waals surface area contributed by atoms with E-state index in [1.807, 2.05) is 12.1 Å². The molecule has 0 radical (unpaired) electrons. The minimum absolute atomic E-state index is 0. The van der Waals surface area contributed by atoms with Crippen LogP contribution >= 0.6 is 12.4 Å². The Hall–Kier alpha value is -1.00. The van der Waals surface area contributed by atoms with Crippen LogP contribution in [0.2, 0.25) is 0 Å². The number of aromatic nitrogens is 1. The van der Waals surface area contributed by atoms with Crippen LogP contribution in [0.1, 0.15) is 6.42 Å². The van der Waals surface area contributed by atoms with Crippen molar-refractivity contribution in [1.29, 1.82) is 0 Å². The molecule has 0 saturated heterocycles. The molecule has 1 aromatic rings. The monoisotopic (exact) mass is 230 g/mol. The van der Waals surface area contributed by atoms with E-state index in [0.29, 0.717) is 5.69 Å². The van der Waals surface area contributed by atoms with Gasteiger partial charge in [-0.15, -0.1) is 12.4 Å². The van der Waals surface area contributed by atoms with E-state index in [1.165, 1.54) is 0 Å². The number of hydrogen-bond acceptors (Lipinski definition) is 4. The van der Waals surface area contributed by atoms with Crippen LogP contribution in [0.15, 0.2) is 18.3 Å². The van der Waals surface area contributed by atoms with Gasteiger partial charge in [0.2, 0.25) is 0 Å². The molecule has 0 amide bonds. The highest BCUT2D eigenvalue weighted by atomic mass is 35.5. The fourth-order valence-electron chi connectivity index (χ4n) is 1.17. The van der Waals surface area contributed by atoms with Crippen molar-refractivity contribution in [2.24, 2.45) is 0 Å². The predicted octanol–water partition coefficient (Wildman–Crippen LogP) is 1.45. The smallest absolute Gasteiger partial charge is 0.149 e. The number of nitrogen functional groups attached to an aromatic ring is 1. The van der Waals surface area contributed by atoms with E-state index in [4.69, 9.17) is 5.73 Å². The first-order valence-corrected chi connectivity index (χ1v) is 4.79. The summed E-state index contributed by atoms with van der Waals surface area (Å²) in [5, 5.41) is 3.21. The lowest BCUT2D eigenvalue weighted by Crippen LogP contribution is -2.17. The van der Waals surface area contributed by atoms with E-state index in [0.717, 1.165) is 25.3 Å². The number of anilines is 2. The SMILES string of the molecule is CN(C)CCCNc1ncccc1N.Cl. The minimum atomic E-state index is 0. The Labute approximate surface area is 97.3 Å². The maximum Gasteiger partial charge on any atom is 0.149 e. The lowest BCUT2D eigenvalue weighted by molar-refractivity contribution is 0.405. The highest BCUT2D eigenvalue weighted by Gasteiger charge is 1.97. The van der Waals surface area contributed by atoms with Crippen LogP contribution < -0.4 is 11.1 Å². The van der Waals surface area contributed by atoms with Gasteiger partial charge in [-0.3, -0.25) is 0 Å². The van der Waals surface area contributed by atoms with Crippen LogP contribution in [0.25, 0.3) is 0 Å². The number of nitrogens with one attached hydrogen (secondary N) is 1. The number of pyridine rings is 1. The molecule has 0 aromatic carbocycles. The first-order valence-electron chi connectivity index (χ1n) is 4.79. The van der Waals surface area contributed by atoms with Crippen molar-refractivity contribution in [2.45, 2.75) is 6.42 Å². The zero-order valence-corrected chi connectivity index (χ0v) is 10.0. The van der Waals surface area contributed by atoms with Gasteiger partial charge in [0, 0.05) is 12.7 Å². The number of rotatable bonds is 5. The van der Waals surface area contributed by atoms with Crippen LogP contribution in [0.4, 0.5) is 11.5 Å². The Morgan fingerprint density at radius 3 is 2.80 bits per heavy atom. The van der Waals surface area contributed by atoms with Gasteiger partial charge < -0.3 is 16.0 Å². The fourth-order valence-corrected chi connectivity index (χ4v) is 1.17. The average Bonchev–Trinajstić information content (AvgIpc) is 2.15. The summed E-state index contributed by atoms with van der Waals surface area (Å²) in [5.74, 6) is 0.784. The number of hydrogen-bond donors (Lipinski definition) is 2. The first kappa shape index (κ1) is 14.0. The van der Waals surface area contributed by atoms with E-state index < -0.39 is 0 Å². The summed E-state index contributed by atoms with van der Waals surface area (Å²) >= 11 is 0. The summed E-state index contributed by atoms with van der Waals surface area (Å²) in [6, 6.07) is 3.68. The predicted molar refractivity (Wildman–Crippen MR) is 67.6 cm³/mol. The Balaban J connectivity index is 0.00000196. The summed E-state index contributed by atoms with van der Waals surface area (Å²) in [6.45, 7) is 1.97. The van der Waals surface area contributed by atoms with Crippen molar-refractivity contribution in [3.05, 3.63) is 18.3 Å². The number of halogens is 1. The van der Waals surface area contributed by atoms with Crippen molar-refractivity contribution in [3.63, 3.8) is 0 Å². The largest absolute Gasteiger partial charge is 0.396 e. The van der Waals surface area contributed by atoms with Crippen LogP contribution in [0.5, 0.6) is 0 Å². The molecule has 15 heavy (non-hydrogen) atoms. The quantitative estimate of drug-likeness (QED) is 0.752. The van der Waals surface area contributed by atoms with Gasteiger partial charge in [0.05, 0.1) is 5.69 Å². The topological polar surface area (TPSA) is 54.2 Å². The maximum absolute atomic E-state index is 5.73. The van der Waals surface area contributed by atoms with Gasteiger partial charge >= 0.3 is 0 Å². The molecule has 86 valence electrons. The zero-order chi connectivity index (χ0) is 10.4. The Morgan fingerprint density at radius 2 is 2.20 bits per heavy atom. The molecule has 0 unspecified atom stereocenters. The lowest BCUT2D eigenvalue weighted by Gasteiger charge is -2.10. The average molecular weight is 231 g/mol. The highest BCUT2D eigenvalue weighted by Crippen LogP contribution is 2.12. The third kappa shape index (κ3) is 5.44. The van der Waals surface area contributed by atoms with Gasteiger partial charge in [0.1, 0.15) is 5.82 Å². The molecule has 0 saturated carbocycles. The zero-order valence-electron chi connectivity index (χ0n) is 9.23. The third-order valence-corrected chi connectivity index (χ3v) is 1.91. The van der Waals surface area contributed by atoms with E-state index in [1.54, 1.807) is 6.20 Å². The molecule has 1 heterocycles. The van der Waals surface area contributed by atoms with Crippen LogP contribution in [0, 0.1) is 0 Å². The normalized spacial score (nSPS) is 9.80. The van der Waals surface area contributed by atoms with Crippen LogP contribution in [0.3, 0.4) is 0 Å². The van der Waals surface area contributed by atoms with Crippen molar-refractivity contribution in [2.75, 3.05) is 38.2 Å². The van der Waals surface area contributed by atoms with Crippen LogP contribution in [-0.4, -0.2) is 37.1 Å². The molecule has 0 spiro atoms. The molecule has 3 N–H and O–H groups in total. The molecule has 0 fully saturated rings. The highest BCUT2D eigenvalue weighted by molar-refractivity contribution is 5.85. The Morgan fingerprint density at radius 1 is 1.47 bits per heavy atom. The number of nitrogens with zero attached hydrogens (tertiary/aromatic N) is 2. The van der Waals surface area contributed by atoms with Crippen molar-refractivity contribution in [3.8, 4) is 0 Å². The molecule has 1 aromatic heterocycles. The maximum atomic E-state index is 5.73. The number of nitrogens with two attached hydrogens (primary N) is 1. The van der Waals surface area contributed by atoms with Gasteiger partial charge in [0.25, 0.3) is 0 Å². The molecule has 4 nitrogen and oxygen atoms in total.